The fourth-order valence-electron chi connectivity index (χ4n) is 3.44. The van der Waals surface area contributed by atoms with Crippen molar-refractivity contribution in [2.75, 3.05) is 4.90 Å². The lowest BCUT2D eigenvalue weighted by molar-refractivity contribution is 0.0901. The number of carbonyl (C=O) groups is 3. The second kappa shape index (κ2) is 4.88. The lowest BCUT2D eigenvalue weighted by Gasteiger charge is -2.25. The summed E-state index contributed by atoms with van der Waals surface area (Å²) in [5.74, 6) is -0.556. The molecule has 1 atom stereocenters. The fraction of sp³-hybridized carbons (Fsp3) is 0.211. The molecule has 0 N–H and O–H groups in total. The number of ketones is 1. The molecule has 4 rings (SSSR count). The van der Waals surface area contributed by atoms with E-state index in [1.807, 2.05) is 6.92 Å². The molecule has 4 nitrogen and oxygen atoms in total. The highest BCUT2D eigenvalue weighted by atomic mass is 16.2. The standard InChI is InChI=1S/C19H15NO3/c1-11-9-10-12-13(17(11)21)7-4-8-16(12)20-18(22)14-5-2-3-6-15(14)19(20)23/h2-8,11H,9-10H2,1H3. The summed E-state index contributed by atoms with van der Waals surface area (Å²) in [7, 11) is 0. The number of amides is 2. The Morgan fingerprint density at radius 3 is 2.13 bits per heavy atom. The second-order valence-corrected chi connectivity index (χ2v) is 6.10. The zero-order valence-corrected chi connectivity index (χ0v) is 12.7. The third kappa shape index (κ3) is 1.88. The number of imide groups is 1. The maximum atomic E-state index is 12.7. The van der Waals surface area contributed by atoms with Gasteiger partial charge in [0.2, 0.25) is 0 Å². The average Bonchev–Trinajstić information content (AvgIpc) is 2.82. The van der Waals surface area contributed by atoms with Crippen LogP contribution in [0, 0.1) is 5.92 Å². The Morgan fingerprint density at radius 1 is 0.870 bits per heavy atom. The maximum absolute atomic E-state index is 12.7. The van der Waals surface area contributed by atoms with Crippen molar-refractivity contribution in [3.8, 4) is 0 Å². The van der Waals surface area contributed by atoms with Gasteiger partial charge in [-0.25, -0.2) is 4.90 Å². The Balaban J connectivity index is 1.87. The monoisotopic (exact) mass is 305 g/mol. The van der Waals surface area contributed by atoms with Crippen molar-refractivity contribution >= 4 is 23.3 Å². The van der Waals surface area contributed by atoms with E-state index in [1.54, 1.807) is 42.5 Å². The smallest absolute Gasteiger partial charge is 0.266 e. The molecule has 23 heavy (non-hydrogen) atoms. The first-order valence-electron chi connectivity index (χ1n) is 7.73. The summed E-state index contributed by atoms with van der Waals surface area (Å²) in [6.45, 7) is 1.92. The predicted octanol–water partition coefficient (Wildman–Crippen LogP) is 3.25. The van der Waals surface area contributed by atoms with Gasteiger partial charge in [-0.1, -0.05) is 31.2 Å². The van der Waals surface area contributed by atoms with Crippen LogP contribution in [0.4, 0.5) is 5.69 Å². The van der Waals surface area contributed by atoms with E-state index in [4.69, 9.17) is 0 Å². The van der Waals surface area contributed by atoms with Gasteiger partial charge in [0.25, 0.3) is 11.8 Å². The van der Waals surface area contributed by atoms with Crippen molar-refractivity contribution in [3.63, 3.8) is 0 Å². The molecule has 2 aromatic rings. The first-order chi connectivity index (χ1) is 11.1. The number of Topliss-reactive ketones (excluding diaryl/α,β-unsaturated/α-hetero) is 1. The van der Waals surface area contributed by atoms with Crippen molar-refractivity contribution in [1.29, 1.82) is 0 Å². The molecule has 1 unspecified atom stereocenters. The number of benzene rings is 2. The molecule has 0 saturated heterocycles. The second-order valence-electron chi connectivity index (χ2n) is 6.10. The highest BCUT2D eigenvalue weighted by molar-refractivity contribution is 6.34. The van der Waals surface area contributed by atoms with Crippen LogP contribution >= 0.6 is 0 Å². The van der Waals surface area contributed by atoms with E-state index < -0.39 is 0 Å². The minimum atomic E-state index is -0.315. The van der Waals surface area contributed by atoms with Gasteiger partial charge in [0, 0.05) is 11.5 Å². The molecule has 1 aliphatic carbocycles. The molecule has 2 aromatic carbocycles. The van der Waals surface area contributed by atoms with Gasteiger partial charge in [0.1, 0.15) is 0 Å². The molecule has 0 spiro atoms. The van der Waals surface area contributed by atoms with Gasteiger partial charge >= 0.3 is 0 Å². The van der Waals surface area contributed by atoms with Gasteiger partial charge in [-0.3, -0.25) is 14.4 Å². The number of hydrogen-bond donors (Lipinski definition) is 0. The number of hydrogen-bond acceptors (Lipinski definition) is 3. The lowest BCUT2D eigenvalue weighted by Crippen LogP contribution is -2.32. The van der Waals surface area contributed by atoms with Crippen molar-refractivity contribution in [2.45, 2.75) is 19.8 Å². The van der Waals surface area contributed by atoms with E-state index in [0.29, 0.717) is 28.8 Å². The molecular weight excluding hydrogens is 290 g/mol. The molecule has 0 bridgehead atoms. The summed E-state index contributed by atoms with van der Waals surface area (Å²) in [5, 5.41) is 0. The summed E-state index contributed by atoms with van der Waals surface area (Å²) in [6.07, 6.45) is 1.44. The summed E-state index contributed by atoms with van der Waals surface area (Å²) in [6, 6.07) is 12.1. The Bertz CT molecular complexity index is 834. The van der Waals surface area contributed by atoms with E-state index >= 15 is 0 Å². The van der Waals surface area contributed by atoms with Crippen molar-refractivity contribution < 1.29 is 14.4 Å². The van der Waals surface area contributed by atoms with Crippen LogP contribution in [0.2, 0.25) is 0 Å². The molecular formula is C19H15NO3. The topological polar surface area (TPSA) is 54.5 Å². The van der Waals surface area contributed by atoms with E-state index in [9.17, 15) is 14.4 Å². The minimum Gasteiger partial charge on any atom is -0.294 e. The van der Waals surface area contributed by atoms with Gasteiger partial charge in [0.15, 0.2) is 5.78 Å². The molecule has 4 heteroatoms. The van der Waals surface area contributed by atoms with Gasteiger partial charge in [-0.05, 0) is 36.6 Å². The van der Waals surface area contributed by atoms with Crippen molar-refractivity contribution in [3.05, 3.63) is 64.7 Å². The van der Waals surface area contributed by atoms with Gasteiger partial charge in [0.05, 0.1) is 16.8 Å². The number of rotatable bonds is 1. The molecule has 2 amide bonds. The van der Waals surface area contributed by atoms with Crippen molar-refractivity contribution in [1.82, 2.24) is 0 Å². The SMILES string of the molecule is CC1CCc2c(cccc2N2C(=O)c3ccccc3C2=O)C1=O. The van der Waals surface area contributed by atoms with E-state index in [-0.39, 0.29) is 23.5 Å². The molecule has 2 aliphatic rings. The molecule has 0 radical (unpaired) electrons. The summed E-state index contributed by atoms with van der Waals surface area (Å²) in [4.78, 5) is 38.9. The van der Waals surface area contributed by atoms with Crippen LogP contribution in [-0.2, 0) is 6.42 Å². The van der Waals surface area contributed by atoms with Crippen LogP contribution in [-0.4, -0.2) is 17.6 Å². The van der Waals surface area contributed by atoms with E-state index in [2.05, 4.69) is 0 Å². The first-order valence-corrected chi connectivity index (χ1v) is 7.73. The first kappa shape index (κ1) is 13.9. The van der Waals surface area contributed by atoms with Crippen LogP contribution in [0.3, 0.4) is 0 Å². The van der Waals surface area contributed by atoms with Crippen molar-refractivity contribution in [2.24, 2.45) is 5.92 Å². The number of anilines is 1. The Hall–Kier alpha value is -2.75. The highest BCUT2D eigenvalue weighted by Crippen LogP contribution is 2.36. The predicted molar refractivity (Wildman–Crippen MR) is 85.8 cm³/mol. The summed E-state index contributed by atoms with van der Waals surface area (Å²) >= 11 is 0. The number of nitrogens with zero attached hydrogens (tertiary/aromatic N) is 1. The number of carbonyl (C=O) groups excluding carboxylic acids is 3. The van der Waals surface area contributed by atoms with Crippen LogP contribution in [0.15, 0.2) is 42.5 Å². The summed E-state index contributed by atoms with van der Waals surface area (Å²) < 4.78 is 0. The Labute approximate surface area is 133 Å². The lowest BCUT2D eigenvalue weighted by atomic mass is 9.83. The van der Waals surface area contributed by atoms with Crippen LogP contribution in [0.1, 0.15) is 50.0 Å². The zero-order valence-electron chi connectivity index (χ0n) is 12.7. The van der Waals surface area contributed by atoms with Crippen LogP contribution < -0.4 is 4.90 Å². The van der Waals surface area contributed by atoms with Crippen LogP contribution in [0.5, 0.6) is 0 Å². The highest BCUT2D eigenvalue weighted by Gasteiger charge is 2.38. The molecule has 114 valence electrons. The molecule has 1 aliphatic heterocycles. The minimum absolute atomic E-state index is 0.0140. The quantitative estimate of drug-likeness (QED) is 0.760. The molecule has 0 aromatic heterocycles. The third-order valence-electron chi connectivity index (χ3n) is 4.73. The summed E-state index contributed by atoms with van der Waals surface area (Å²) in [5.41, 5.74) is 2.84. The van der Waals surface area contributed by atoms with Crippen LogP contribution in [0.25, 0.3) is 0 Å². The largest absolute Gasteiger partial charge is 0.294 e. The van der Waals surface area contributed by atoms with Gasteiger partial charge < -0.3 is 0 Å². The molecule has 1 heterocycles. The maximum Gasteiger partial charge on any atom is 0.266 e. The van der Waals surface area contributed by atoms with Gasteiger partial charge in [-0.15, -0.1) is 0 Å². The fourth-order valence-corrected chi connectivity index (χ4v) is 3.44. The molecule has 0 saturated carbocycles. The van der Waals surface area contributed by atoms with E-state index in [0.717, 1.165) is 12.0 Å². The normalized spacial score (nSPS) is 19.8. The van der Waals surface area contributed by atoms with Gasteiger partial charge in [-0.2, -0.15) is 0 Å². The Morgan fingerprint density at radius 2 is 1.48 bits per heavy atom. The van der Waals surface area contributed by atoms with E-state index in [1.165, 1.54) is 4.90 Å². The Kier molecular flexibility index (Phi) is 2.94. The third-order valence-corrected chi connectivity index (χ3v) is 4.73. The number of fused-ring (bicyclic) bond motifs is 2. The molecule has 0 fully saturated rings. The zero-order chi connectivity index (χ0) is 16.1. The average molecular weight is 305 g/mol.